The van der Waals surface area contributed by atoms with E-state index in [-0.39, 0.29) is 47.4 Å². The van der Waals surface area contributed by atoms with Crippen LogP contribution in [0.1, 0.15) is 88.9 Å². The number of fused-ring (bicyclic) bond motifs is 1. The van der Waals surface area contributed by atoms with Crippen molar-refractivity contribution in [2.75, 3.05) is 32.8 Å². The van der Waals surface area contributed by atoms with Crippen LogP contribution in [0.25, 0.3) is 5.69 Å². The average molecular weight is 739 g/mol. The number of hydrogen-bond donors (Lipinski definition) is 2. The molecule has 15 heteroatoms. The average Bonchev–Trinajstić information content (AvgIpc) is 3.65. The number of rotatable bonds is 13. The quantitative estimate of drug-likeness (QED) is 0.142. The topological polar surface area (TPSA) is 180 Å². The van der Waals surface area contributed by atoms with Crippen molar-refractivity contribution in [1.82, 2.24) is 25.2 Å². The molecule has 54 heavy (non-hydrogen) atoms. The molecule has 1 aromatic heterocycles. The molecule has 4 aromatic rings. The summed E-state index contributed by atoms with van der Waals surface area (Å²) in [6.07, 6.45) is 1.21. The van der Waals surface area contributed by atoms with Gasteiger partial charge in [-0.3, -0.25) is 34.2 Å². The Morgan fingerprint density at radius 1 is 0.907 bits per heavy atom. The van der Waals surface area contributed by atoms with E-state index < -0.39 is 35.6 Å². The standard InChI is InChI=1S/C39H42N6O9/c1-22-34(42-43-45(22)28-21-24(51-5)13-16-30(28)52-6)36(48)40-26-20-23(39(2,3)4)12-15-29(26)53-18-7-8-19-54-31-11-9-10-25-33(31)38(50)44(37(25)49)27-14-17-32(46)41-35(27)47/h9-13,15-16,20-21,27H,7-8,14,17-19H2,1-6H3,(H,40,48)(H,41,46,47). The summed E-state index contributed by atoms with van der Waals surface area (Å²) in [7, 11) is 3.10. The second-order valence-corrected chi connectivity index (χ2v) is 13.9. The number of hydrogen-bond acceptors (Lipinski definition) is 11. The molecular weight excluding hydrogens is 696 g/mol. The molecule has 2 aliphatic heterocycles. The highest BCUT2D eigenvalue weighted by Gasteiger charge is 2.46. The zero-order valence-electron chi connectivity index (χ0n) is 31.0. The minimum absolute atomic E-state index is 0.0352. The van der Waals surface area contributed by atoms with Gasteiger partial charge < -0.3 is 24.3 Å². The Morgan fingerprint density at radius 2 is 1.63 bits per heavy atom. The lowest BCUT2D eigenvalue weighted by Crippen LogP contribution is -2.54. The number of anilines is 1. The molecule has 0 radical (unpaired) electrons. The fourth-order valence-electron chi connectivity index (χ4n) is 6.30. The van der Waals surface area contributed by atoms with E-state index in [1.54, 1.807) is 51.5 Å². The molecule has 1 atom stereocenters. The van der Waals surface area contributed by atoms with Crippen molar-refractivity contribution >= 4 is 35.2 Å². The summed E-state index contributed by atoms with van der Waals surface area (Å²) in [6, 6.07) is 14.6. The normalized spacial score (nSPS) is 15.5. The first-order valence-corrected chi connectivity index (χ1v) is 17.5. The first kappa shape index (κ1) is 37.5. The van der Waals surface area contributed by atoms with Gasteiger partial charge in [-0.25, -0.2) is 4.68 Å². The molecule has 0 saturated carbocycles. The molecule has 0 spiro atoms. The molecule has 3 aromatic carbocycles. The number of aromatic nitrogens is 3. The summed E-state index contributed by atoms with van der Waals surface area (Å²) in [6.45, 7) is 8.47. The molecule has 3 heterocycles. The Hall–Kier alpha value is -6.25. The molecule has 15 nitrogen and oxygen atoms in total. The monoisotopic (exact) mass is 738 g/mol. The van der Waals surface area contributed by atoms with E-state index >= 15 is 0 Å². The van der Waals surface area contributed by atoms with Crippen LogP contribution in [0.15, 0.2) is 54.6 Å². The van der Waals surface area contributed by atoms with Gasteiger partial charge in [0.15, 0.2) is 5.69 Å². The number of carbonyl (C=O) groups is 5. The minimum Gasteiger partial charge on any atom is -0.497 e. The van der Waals surface area contributed by atoms with Crippen molar-refractivity contribution < 1.29 is 42.9 Å². The lowest BCUT2D eigenvalue weighted by atomic mass is 9.87. The molecule has 0 aliphatic carbocycles. The first-order chi connectivity index (χ1) is 25.8. The van der Waals surface area contributed by atoms with E-state index in [0.717, 1.165) is 10.5 Å². The Bertz CT molecular complexity index is 2140. The summed E-state index contributed by atoms with van der Waals surface area (Å²) in [5.41, 5.74) is 2.68. The Morgan fingerprint density at radius 3 is 2.31 bits per heavy atom. The summed E-state index contributed by atoms with van der Waals surface area (Å²) in [4.78, 5) is 65.1. The van der Waals surface area contributed by atoms with Crippen LogP contribution in [0.4, 0.5) is 5.69 Å². The van der Waals surface area contributed by atoms with Gasteiger partial charge in [0.25, 0.3) is 17.7 Å². The Labute approximate surface area is 311 Å². The van der Waals surface area contributed by atoms with Gasteiger partial charge in [0.1, 0.15) is 34.7 Å². The number of carbonyl (C=O) groups excluding carboxylic acids is 5. The number of ether oxygens (including phenoxy) is 4. The highest BCUT2D eigenvalue weighted by atomic mass is 16.5. The second-order valence-electron chi connectivity index (χ2n) is 13.9. The number of amides is 5. The predicted molar refractivity (Wildman–Crippen MR) is 196 cm³/mol. The summed E-state index contributed by atoms with van der Waals surface area (Å²) >= 11 is 0. The van der Waals surface area contributed by atoms with E-state index in [9.17, 15) is 24.0 Å². The van der Waals surface area contributed by atoms with Crippen molar-refractivity contribution in [3.05, 3.63) is 82.7 Å². The maximum absolute atomic E-state index is 13.6. The lowest BCUT2D eigenvalue weighted by molar-refractivity contribution is -0.136. The zero-order valence-corrected chi connectivity index (χ0v) is 31.0. The molecule has 1 saturated heterocycles. The van der Waals surface area contributed by atoms with Crippen LogP contribution < -0.4 is 29.6 Å². The summed E-state index contributed by atoms with van der Waals surface area (Å²) in [5.74, 6) is -0.981. The van der Waals surface area contributed by atoms with Gasteiger partial charge in [0.2, 0.25) is 11.8 Å². The third kappa shape index (κ3) is 7.47. The van der Waals surface area contributed by atoms with E-state index in [4.69, 9.17) is 18.9 Å². The number of piperidine rings is 1. The maximum atomic E-state index is 13.6. The van der Waals surface area contributed by atoms with E-state index in [1.807, 2.05) is 18.2 Å². The number of nitrogens with zero attached hydrogens (tertiary/aromatic N) is 4. The van der Waals surface area contributed by atoms with Gasteiger partial charge in [0.05, 0.1) is 49.9 Å². The van der Waals surface area contributed by atoms with Gasteiger partial charge in [-0.1, -0.05) is 38.1 Å². The van der Waals surface area contributed by atoms with Gasteiger partial charge in [-0.2, -0.15) is 0 Å². The van der Waals surface area contributed by atoms with E-state index in [2.05, 4.69) is 41.7 Å². The van der Waals surface area contributed by atoms with Crippen LogP contribution in [-0.2, 0) is 15.0 Å². The van der Waals surface area contributed by atoms with Crippen molar-refractivity contribution in [2.45, 2.75) is 64.8 Å². The van der Waals surface area contributed by atoms with Crippen LogP contribution >= 0.6 is 0 Å². The smallest absolute Gasteiger partial charge is 0.278 e. The molecule has 5 amide bonds. The molecule has 2 N–H and O–H groups in total. The van der Waals surface area contributed by atoms with Crippen LogP contribution in [0.5, 0.6) is 23.0 Å². The van der Waals surface area contributed by atoms with Gasteiger partial charge in [0, 0.05) is 12.5 Å². The zero-order chi connectivity index (χ0) is 38.7. The molecule has 6 rings (SSSR count). The molecular formula is C39H42N6O9. The van der Waals surface area contributed by atoms with Crippen molar-refractivity contribution in [2.24, 2.45) is 0 Å². The van der Waals surface area contributed by atoms with Gasteiger partial charge in [-0.05, 0) is 73.6 Å². The van der Waals surface area contributed by atoms with E-state index in [1.165, 1.54) is 10.7 Å². The number of methoxy groups -OCH3 is 2. The summed E-state index contributed by atoms with van der Waals surface area (Å²) in [5, 5.41) is 13.6. The second kappa shape index (κ2) is 15.4. The molecule has 282 valence electrons. The number of unbranched alkanes of at least 4 members (excludes halogenated alkanes) is 1. The van der Waals surface area contributed by atoms with Crippen molar-refractivity contribution in [3.8, 4) is 28.7 Å². The number of imide groups is 2. The largest absolute Gasteiger partial charge is 0.497 e. The summed E-state index contributed by atoms with van der Waals surface area (Å²) < 4.78 is 24.5. The Kier molecular flexibility index (Phi) is 10.7. The van der Waals surface area contributed by atoms with Crippen molar-refractivity contribution in [1.29, 1.82) is 0 Å². The number of nitrogens with one attached hydrogen (secondary N) is 2. The fourth-order valence-corrected chi connectivity index (χ4v) is 6.30. The van der Waals surface area contributed by atoms with Crippen LogP contribution in [0.2, 0.25) is 0 Å². The van der Waals surface area contributed by atoms with Crippen LogP contribution in [-0.4, -0.2) is 82.9 Å². The molecule has 0 bridgehead atoms. The fraction of sp³-hybridized carbons (Fsp3) is 0.359. The van der Waals surface area contributed by atoms with E-state index in [0.29, 0.717) is 53.8 Å². The van der Waals surface area contributed by atoms with Gasteiger partial charge >= 0.3 is 0 Å². The highest BCUT2D eigenvalue weighted by molar-refractivity contribution is 6.24. The van der Waals surface area contributed by atoms with Crippen LogP contribution in [0, 0.1) is 6.92 Å². The SMILES string of the molecule is COc1ccc(OC)c(-n2nnc(C(=O)Nc3cc(C(C)(C)C)ccc3OCCCCOc3cccc4c3C(=O)N(C3CCC(=O)NC3=O)C4=O)c2C)c1. The molecule has 2 aliphatic rings. The third-order valence-corrected chi connectivity index (χ3v) is 9.30. The third-order valence-electron chi connectivity index (χ3n) is 9.30. The predicted octanol–water partition coefficient (Wildman–Crippen LogP) is 4.78. The van der Waals surface area contributed by atoms with Crippen LogP contribution in [0.3, 0.4) is 0 Å². The molecule has 1 unspecified atom stereocenters. The maximum Gasteiger partial charge on any atom is 0.278 e. The van der Waals surface area contributed by atoms with Crippen molar-refractivity contribution in [3.63, 3.8) is 0 Å². The highest BCUT2D eigenvalue weighted by Crippen LogP contribution is 2.35. The minimum atomic E-state index is -1.06. The molecule has 1 fully saturated rings. The Balaban J connectivity index is 1.09. The van der Waals surface area contributed by atoms with Gasteiger partial charge in [-0.15, -0.1) is 5.10 Å². The number of benzene rings is 3. The first-order valence-electron chi connectivity index (χ1n) is 17.5. The lowest BCUT2D eigenvalue weighted by Gasteiger charge is -2.27.